The second-order valence-electron chi connectivity index (χ2n) is 11.5. The molecule has 3 heterocycles. The molecule has 1 aromatic heterocycles. The fraction of sp³-hybridized carbons (Fsp3) is 0.0500. The normalized spacial score (nSPS) is 17.0. The van der Waals surface area contributed by atoms with Crippen molar-refractivity contribution in [1.29, 1.82) is 0 Å². The third-order valence-corrected chi connectivity index (χ3v) is 8.51. The highest BCUT2D eigenvalue weighted by molar-refractivity contribution is 6.20. The van der Waals surface area contributed by atoms with E-state index in [0.29, 0.717) is 11.7 Å². The molecule has 6 heteroatoms. The van der Waals surface area contributed by atoms with Gasteiger partial charge in [-0.2, -0.15) is 0 Å². The van der Waals surface area contributed by atoms with Crippen molar-refractivity contribution in [2.45, 2.75) is 12.4 Å². The lowest BCUT2D eigenvalue weighted by molar-refractivity contribution is 0.260. The second kappa shape index (κ2) is 10.8. The fourth-order valence-corrected chi connectivity index (χ4v) is 6.16. The highest BCUT2D eigenvalue weighted by atomic mass is 16.5. The molecule has 2 aliphatic rings. The molecule has 2 unspecified atom stereocenters. The summed E-state index contributed by atoms with van der Waals surface area (Å²) in [5, 5.41) is 10.6. The molecule has 6 nitrogen and oxygen atoms in total. The number of anilines is 1. The lowest BCUT2D eigenvalue weighted by Gasteiger charge is -2.32. The Balaban J connectivity index is 1.05. The molecular weight excluding hydrogens is 568 g/mol. The Kier molecular flexibility index (Phi) is 6.16. The van der Waals surface area contributed by atoms with Crippen LogP contribution in [0.15, 0.2) is 160 Å². The zero-order chi connectivity index (χ0) is 30.5. The van der Waals surface area contributed by atoms with Crippen LogP contribution in [0.2, 0.25) is 0 Å². The van der Waals surface area contributed by atoms with Crippen molar-refractivity contribution in [2.24, 2.45) is 9.98 Å². The van der Waals surface area contributed by atoms with Gasteiger partial charge in [-0.15, -0.1) is 0 Å². The Morgan fingerprint density at radius 2 is 1.26 bits per heavy atom. The van der Waals surface area contributed by atoms with E-state index in [1.165, 1.54) is 0 Å². The fourth-order valence-electron chi connectivity index (χ4n) is 6.16. The minimum atomic E-state index is -0.381. The number of fused-ring (bicyclic) bond motifs is 4. The molecule has 0 fully saturated rings. The van der Waals surface area contributed by atoms with Crippen molar-refractivity contribution in [3.63, 3.8) is 0 Å². The van der Waals surface area contributed by atoms with Gasteiger partial charge in [-0.3, -0.25) is 4.99 Å². The molecule has 1 N–H and O–H groups in total. The van der Waals surface area contributed by atoms with E-state index in [0.717, 1.165) is 66.8 Å². The molecular formula is C40H27N4O2-. The van der Waals surface area contributed by atoms with Gasteiger partial charge in [-0.25, -0.2) is 0 Å². The molecule has 0 spiro atoms. The number of hydrogen-bond donors (Lipinski definition) is 1. The van der Waals surface area contributed by atoms with Crippen LogP contribution in [0.4, 0.5) is 5.69 Å². The van der Waals surface area contributed by atoms with Crippen molar-refractivity contribution in [3.05, 3.63) is 173 Å². The lowest BCUT2D eigenvalue weighted by atomic mass is 10.0. The van der Waals surface area contributed by atoms with Gasteiger partial charge >= 0.3 is 0 Å². The van der Waals surface area contributed by atoms with Gasteiger partial charge in [0.25, 0.3) is 0 Å². The average Bonchev–Trinajstić information content (AvgIpc) is 3.73. The molecule has 220 valence electrons. The Bertz CT molecular complexity index is 2290. The minimum absolute atomic E-state index is 0.195. The van der Waals surface area contributed by atoms with Gasteiger partial charge in [0.2, 0.25) is 0 Å². The molecule has 0 amide bonds. The monoisotopic (exact) mass is 595 g/mol. The Labute approximate surface area is 265 Å². The standard InChI is InChI=1S/C40H27N4O2/c1-4-10-25(11-5-1)37-42-38(26-12-6-2-7-13-26)44-39(43-37)30-16-19-31-32-22-28(17-20-34(32)45-36(31)24-30)29-18-21-35-33(23-29)41-40(46-35)27-14-8-3-9-15-27/h1-24,37,40-41H/q-1. The predicted octanol–water partition coefficient (Wildman–Crippen LogP) is 10.0. The number of hydrogen-bond acceptors (Lipinski definition) is 5. The molecule has 2 aliphatic heterocycles. The number of rotatable bonds is 5. The Morgan fingerprint density at radius 3 is 2.07 bits per heavy atom. The van der Waals surface area contributed by atoms with Crippen molar-refractivity contribution >= 4 is 39.3 Å². The molecule has 0 bridgehead atoms. The van der Waals surface area contributed by atoms with E-state index in [-0.39, 0.29) is 12.4 Å². The summed E-state index contributed by atoms with van der Waals surface area (Å²) in [5.41, 5.74) is 8.76. The molecule has 9 rings (SSSR count). The first-order chi connectivity index (χ1) is 22.7. The van der Waals surface area contributed by atoms with Crippen LogP contribution in [-0.2, 0) is 0 Å². The lowest BCUT2D eigenvalue weighted by Crippen LogP contribution is -2.15. The van der Waals surface area contributed by atoms with Crippen LogP contribution in [0.1, 0.15) is 34.6 Å². The average molecular weight is 596 g/mol. The van der Waals surface area contributed by atoms with Gasteiger partial charge in [0.1, 0.15) is 16.9 Å². The van der Waals surface area contributed by atoms with E-state index >= 15 is 0 Å². The van der Waals surface area contributed by atoms with E-state index in [1.54, 1.807) is 0 Å². The summed E-state index contributed by atoms with van der Waals surface area (Å²) < 4.78 is 12.5. The topological polar surface area (TPSA) is 73.2 Å². The second-order valence-corrected chi connectivity index (χ2v) is 11.5. The van der Waals surface area contributed by atoms with Crippen LogP contribution in [0.25, 0.3) is 38.4 Å². The van der Waals surface area contributed by atoms with Crippen LogP contribution in [-0.4, -0.2) is 11.7 Å². The first-order valence-electron chi connectivity index (χ1n) is 15.3. The summed E-state index contributed by atoms with van der Waals surface area (Å²) in [7, 11) is 0. The predicted molar refractivity (Wildman–Crippen MR) is 185 cm³/mol. The molecule has 0 aliphatic carbocycles. The number of benzene rings is 6. The smallest absolute Gasteiger partial charge is 0.196 e. The van der Waals surface area contributed by atoms with Crippen molar-refractivity contribution in [1.82, 2.24) is 0 Å². The summed E-state index contributed by atoms with van der Waals surface area (Å²) in [6.07, 6.45) is -0.576. The number of ether oxygens (including phenoxy) is 1. The van der Waals surface area contributed by atoms with E-state index < -0.39 is 0 Å². The summed E-state index contributed by atoms with van der Waals surface area (Å²) >= 11 is 0. The van der Waals surface area contributed by atoms with Crippen molar-refractivity contribution in [3.8, 4) is 16.9 Å². The highest BCUT2D eigenvalue weighted by Crippen LogP contribution is 2.41. The van der Waals surface area contributed by atoms with Gasteiger partial charge in [-0.05, 0) is 64.2 Å². The third-order valence-electron chi connectivity index (χ3n) is 8.51. The van der Waals surface area contributed by atoms with Crippen molar-refractivity contribution in [2.75, 3.05) is 5.32 Å². The number of aliphatic imine (C=N–C) groups is 2. The number of amidine groups is 2. The largest absolute Gasteiger partial charge is 0.464 e. The van der Waals surface area contributed by atoms with Gasteiger partial charge < -0.3 is 24.8 Å². The van der Waals surface area contributed by atoms with Gasteiger partial charge in [-0.1, -0.05) is 115 Å². The number of nitrogens with zero attached hydrogens (tertiary/aromatic N) is 3. The molecule has 7 aromatic rings. The Hall–Kier alpha value is -6.14. The zero-order valence-corrected chi connectivity index (χ0v) is 24.7. The maximum atomic E-state index is 6.38. The SMILES string of the molecule is c1ccc(C2=NC(c3ccccc3)[N-]C(c3ccc4c(c3)oc3ccc(-c5ccc6c(c5)NC(c5ccccc5)O6)cc34)=N2)cc1. The molecule has 2 atom stereocenters. The molecule has 6 aromatic carbocycles. The summed E-state index contributed by atoms with van der Waals surface area (Å²) in [6.45, 7) is 0. The van der Waals surface area contributed by atoms with E-state index in [4.69, 9.17) is 24.5 Å². The minimum Gasteiger partial charge on any atom is -0.464 e. The number of furan rings is 1. The maximum Gasteiger partial charge on any atom is 0.196 e. The van der Waals surface area contributed by atoms with Crippen molar-refractivity contribution < 1.29 is 9.15 Å². The summed E-state index contributed by atoms with van der Waals surface area (Å²) in [4.78, 5) is 9.81. The van der Waals surface area contributed by atoms with Gasteiger partial charge in [0.05, 0.1) is 17.7 Å². The molecule has 0 saturated carbocycles. The quantitative estimate of drug-likeness (QED) is 0.215. The summed E-state index contributed by atoms with van der Waals surface area (Å²) in [5.74, 6) is 2.15. The van der Waals surface area contributed by atoms with Gasteiger partial charge in [0, 0.05) is 16.3 Å². The third kappa shape index (κ3) is 4.68. The van der Waals surface area contributed by atoms with E-state index in [9.17, 15) is 0 Å². The van der Waals surface area contributed by atoms with Crippen LogP contribution in [0, 0.1) is 0 Å². The molecule has 46 heavy (non-hydrogen) atoms. The van der Waals surface area contributed by atoms with E-state index in [2.05, 4.69) is 66.0 Å². The van der Waals surface area contributed by atoms with Crippen LogP contribution in [0.5, 0.6) is 5.75 Å². The van der Waals surface area contributed by atoms with Gasteiger partial charge in [0.15, 0.2) is 6.23 Å². The Morgan fingerprint density at radius 1 is 0.565 bits per heavy atom. The van der Waals surface area contributed by atoms with E-state index in [1.807, 2.05) is 84.9 Å². The number of nitrogens with one attached hydrogen (secondary N) is 1. The van der Waals surface area contributed by atoms with Crippen LogP contribution >= 0.6 is 0 Å². The molecule has 0 radical (unpaired) electrons. The molecule has 0 saturated heterocycles. The first-order valence-corrected chi connectivity index (χ1v) is 15.3. The van der Waals surface area contributed by atoms with Crippen LogP contribution < -0.4 is 10.1 Å². The maximum absolute atomic E-state index is 6.38. The zero-order valence-electron chi connectivity index (χ0n) is 24.7. The highest BCUT2D eigenvalue weighted by Gasteiger charge is 2.24. The van der Waals surface area contributed by atoms with Crippen LogP contribution in [0.3, 0.4) is 0 Å². The summed E-state index contributed by atoms with van der Waals surface area (Å²) in [6, 6.07) is 49.2. The first kappa shape index (κ1) is 26.3.